The van der Waals surface area contributed by atoms with Crippen molar-refractivity contribution in [2.24, 2.45) is 0 Å². The first kappa shape index (κ1) is 25.6. The van der Waals surface area contributed by atoms with Crippen LogP contribution in [0.4, 0.5) is 23.7 Å². The van der Waals surface area contributed by atoms with E-state index in [0.29, 0.717) is 41.1 Å². The van der Waals surface area contributed by atoms with Crippen LogP contribution >= 0.6 is 11.6 Å². The van der Waals surface area contributed by atoms with Crippen molar-refractivity contribution < 1.29 is 22.7 Å². The molecule has 3 aromatic carbocycles. The first-order valence-corrected chi connectivity index (χ1v) is 12.2. The third kappa shape index (κ3) is 5.45. The Morgan fingerprint density at radius 2 is 1.84 bits per heavy atom. The van der Waals surface area contributed by atoms with Gasteiger partial charge in [0.05, 0.1) is 22.6 Å². The third-order valence-corrected chi connectivity index (χ3v) is 6.58. The highest BCUT2D eigenvalue weighted by atomic mass is 35.5. The number of halogens is 4. The topological polar surface area (TPSA) is 76.5 Å². The number of ether oxygens (including phenoxy) is 1. The van der Waals surface area contributed by atoms with Crippen LogP contribution in [0.5, 0.6) is 5.75 Å². The lowest BCUT2D eigenvalue weighted by Gasteiger charge is -2.29. The van der Waals surface area contributed by atoms with Gasteiger partial charge in [0.25, 0.3) is 5.56 Å². The lowest BCUT2D eigenvalue weighted by Crippen LogP contribution is -2.39. The summed E-state index contributed by atoms with van der Waals surface area (Å²) in [6, 6.07) is 18.4. The Labute approximate surface area is 220 Å². The minimum atomic E-state index is -4.92. The van der Waals surface area contributed by atoms with E-state index in [2.05, 4.69) is 15.0 Å². The van der Waals surface area contributed by atoms with Crippen LogP contribution in [0.1, 0.15) is 23.9 Å². The number of rotatable bonds is 6. The predicted octanol–water partition coefficient (Wildman–Crippen LogP) is 6.17. The molecule has 1 atom stereocenters. The maximum atomic E-state index is 13.6. The van der Waals surface area contributed by atoms with Crippen LogP contribution in [0.3, 0.4) is 0 Å². The van der Waals surface area contributed by atoms with Gasteiger partial charge in [0, 0.05) is 18.1 Å². The van der Waals surface area contributed by atoms with Crippen LogP contribution in [0.25, 0.3) is 10.9 Å². The van der Waals surface area contributed by atoms with Crippen LogP contribution in [0, 0.1) is 0 Å². The molecular weight excluding hydrogens is 521 g/mol. The number of amides is 2. The van der Waals surface area contributed by atoms with Gasteiger partial charge in [-0.1, -0.05) is 54.1 Å². The predicted molar refractivity (Wildman–Crippen MR) is 137 cm³/mol. The summed E-state index contributed by atoms with van der Waals surface area (Å²) in [4.78, 5) is 33.0. The molecule has 0 saturated heterocycles. The fourth-order valence-electron chi connectivity index (χ4n) is 4.62. The van der Waals surface area contributed by atoms with E-state index in [1.54, 1.807) is 18.2 Å². The zero-order chi connectivity index (χ0) is 26.9. The second-order valence-corrected chi connectivity index (χ2v) is 9.23. The van der Waals surface area contributed by atoms with Gasteiger partial charge in [-0.25, -0.2) is 9.78 Å². The highest BCUT2D eigenvalue weighted by Crippen LogP contribution is 2.33. The molecule has 196 valence electrons. The van der Waals surface area contributed by atoms with Crippen LogP contribution in [0.15, 0.2) is 77.6 Å². The lowest BCUT2D eigenvalue weighted by molar-refractivity contribution is -0.274. The van der Waals surface area contributed by atoms with Crippen molar-refractivity contribution in [3.63, 3.8) is 0 Å². The summed E-state index contributed by atoms with van der Waals surface area (Å²) in [5, 5.41) is 3.35. The van der Waals surface area contributed by atoms with Crippen molar-refractivity contribution in [3.05, 3.63) is 99.6 Å². The Balaban J connectivity index is 1.50. The number of benzene rings is 3. The van der Waals surface area contributed by atoms with E-state index in [1.165, 1.54) is 27.7 Å². The number of alkyl halides is 3. The molecule has 1 aromatic heterocycles. The smallest absolute Gasteiger partial charge is 0.404 e. The fourth-order valence-corrected chi connectivity index (χ4v) is 4.79. The number of aromatic nitrogens is 2. The molecule has 4 aromatic rings. The maximum absolute atomic E-state index is 13.6. The largest absolute Gasteiger partial charge is 0.573 e. The molecule has 0 aliphatic carbocycles. The molecule has 2 amide bonds. The number of urea groups is 1. The fraction of sp³-hybridized carbons (Fsp3) is 0.222. The van der Waals surface area contributed by atoms with Crippen LogP contribution < -0.4 is 15.6 Å². The Kier molecular flexibility index (Phi) is 6.98. The van der Waals surface area contributed by atoms with E-state index >= 15 is 0 Å². The van der Waals surface area contributed by atoms with E-state index < -0.39 is 24.2 Å². The molecule has 0 radical (unpaired) electrons. The van der Waals surface area contributed by atoms with Crippen LogP contribution in [-0.2, 0) is 13.0 Å². The molecular formula is C27H22ClF3N4O3. The monoisotopic (exact) mass is 542 g/mol. The molecule has 0 fully saturated rings. The SMILES string of the molecule is O=C(Nc1ccccc1OC(F)(F)F)N(CCc1ccccc1)C1CCn2c1nc1ccc(Cl)cc1c2=O. The number of fused-ring (bicyclic) bond motifs is 2. The van der Waals surface area contributed by atoms with Crippen molar-refractivity contribution in [1.29, 1.82) is 0 Å². The number of nitrogens with one attached hydrogen (secondary N) is 1. The number of hydrogen-bond acceptors (Lipinski definition) is 4. The van der Waals surface area contributed by atoms with Crippen molar-refractivity contribution in [1.82, 2.24) is 14.5 Å². The summed E-state index contributed by atoms with van der Waals surface area (Å²) in [6.07, 6.45) is -4.03. The van der Waals surface area contributed by atoms with Crippen molar-refractivity contribution in [2.45, 2.75) is 31.8 Å². The van der Waals surface area contributed by atoms with E-state index in [0.717, 1.165) is 11.6 Å². The van der Waals surface area contributed by atoms with Gasteiger partial charge in [-0.2, -0.15) is 0 Å². The molecule has 11 heteroatoms. The molecule has 0 saturated carbocycles. The molecule has 1 aliphatic rings. The van der Waals surface area contributed by atoms with E-state index in [1.807, 2.05) is 30.3 Å². The molecule has 7 nitrogen and oxygen atoms in total. The molecule has 0 bridgehead atoms. The normalized spacial score (nSPS) is 14.8. The summed E-state index contributed by atoms with van der Waals surface area (Å²) < 4.78 is 44.4. The number of carbonyl (C=O) groups excluding carboxylic acids is 1. The molecule has 0 spiro atoms. The molecule has 5 rings (SSSR count). The van der Waals surface area contributed by atoms with Gasteiger partial charge in [0.1, 0.15) is 5.82 Å². The van der Waals surface area contributed by atoms with Gasteiger partial charge in [-0.15, -0.1) is 13.2 Å². The zero-order valence-electron chi connectivity index (χ0n) is 19.9. The Hall–Kier alpha value is -4.05. The van der Waals surface area contributed by atoms with E-state index in [4.69, 9.17) is 11.6 Å². The second-order valence-electron chi connectivity index (χ2n) is 8.80. The minimum Gasteiger partial charge on any atom is -0.404 e. The van der Waals surface area contributed by atoms with Crippen molar-refractivity contribution in [3.8, 4) is 5.75 Å². The maximum Gasteiger partial charge on any atom is 0.573 e. The van der Waals surface area contributed by atoms with Crippen LogP contribution in [0.2, 0.25) is 5.02 Å². The highest BCUT2D eigenvalue weighted by molar-refractivity contribution is 6.31. The highest BCUT2D eigenvalue weighted by Gasteiger charge is 2.35. The van der Waals surface area contributed by atoms with Gasteiger partial charge < -0.3 is 15.0 Å². The average Bonchev–Trinajstić information content (AvgIpc) is 3.29. The van der Waals surface area contributed by atoms with Crippen molar-refractivity contribution >= 4 is 34.2 Å². The number of anilines is 1. The number of hydrogen-bond donors (Lipinski definition) is 1. The first-order valence-electron chi connectivity index (χ1n) is 11.9. The summed E-state index contributed by atoms with van der Waals surface area (Å²) in [5.74, 6) is -0.117. The number of para-hydroxylation sites is 2. The van der Waals surface area contributed by atoms with Crippen molar-refractivity contribution in [2.75, 3.05) is 11.9 Å². The molecule has 1 aliphatic heterocycles. The van der Waals surface area contributed by atoms with Gasteiger partial charge >= 0.3 is 12.4 Å². The third-order valence-electron chi connectivity index (χ3n) is 6.35. The van der Waals surface area contributed by atoms with Gasteiger partial charge in [-0.05, 0) is 48.7 Å². The zero-order valence-corrected chi connectivity index (χ0v) is 20.7. The summed E-state index contributed by atoms with van der Waals surface area (Å²) in [6.45, 7) is 0.564. The van der Waals surface area contributed by atoms with Crippen LogP contribution in [-0.4, -0.2) is 33.4 Å². The number of carbonyl (C=O) groups is 1. The summed E-state index contributed by atoms with van der Waals surface area (Å²) >= 11 is 6.07. The molecule has 1 unspecified atom stereocenters. The van der Waals surface area contributed by atoms with Gasteiger partial charge in [0.15, 0.2) is 5.75 Å². The minimum absolute atomic E-state index is 0.129. The van der Waals surface area contributed by atoms with E-state index in [9.17, 15) is 22.8 Å². The second kappa shape index (κ2) is 10.4. The Morgan fingerprint density at radius 3 is 2.61 bits per heavy atom. The number of nitrogens with zero attached hydrogens (tertiary/aromatic N) is 3. The average molecular weight is 543 g/mol. The Morgan fingerprint density at radius 1 is 1.11 bits per heavy atom. The Bertz CT molecular complexity index is 1540. The lowest BCUT2D eigenvalue weighted by atomic mass is 10.1. The molecule has 2 heterocycles. The van der Waals surface area contributed by atoms with Gasteiger partial charge in [-0.3, -0.25) is 9.36 Å². The molecule has 38 heavy (non-hydrogen) atoms. The standard InChI is InChI=1S/C27H22ClF3N4O3/c28-18-10-11-20-19(16-18)25(36)35-15-13-22(24(35)32-20)34(14-12-17-6-2-1-3-7-17)26(37)33-21-8-4-5-9-23(21)38-27(29,30)31/h1-11,16,22H,12-15H2,(H,33,37). The van der Waals surface area contributed by atoms with E-state index in [-0.39, 0.29) is 17.8 Å². The molecule has 1 N–H and O–H groups in total. The first-order chi connectivity index (χ1) is 18.2. The van der Waals surface area contributed by atoms with Gasteiger partial charge in [0.2, 0.25) is 0 Å². The summed E-state index contributed by atoms with van der Waals surface area (Å²) in [7, 11) is 0. The quantitative estimate of drug-likeness (QED) is 0.316. The summed E-state index contributed by atoms with van der Waals surface area (Å²) in [5.41, 5.74) is 1.03.